The molecule has 0 bridgehead atoms. The molecule has 1 aromatic heterocycles. The summed E-state index contributed by atoms with van der Waals surface area (Å²) < 4.78 is 0. The van der Waals surface area contributed by atoms with Crippen molar-refractivity contribution in [2.75, 3.05) is 18.5 Å². The quantitative estimate of drug-likeness (QED) is 0.899. The molecule has 1 aromatic carbocycles. The maximum absolute atomic E-state index is 5.53. The monoisotopic (exact) mass is 261 g/mol. The average molecular weight is 261 g/mol. The normalized spacial score (nSPS) is 10.6. The van der Waals surface area contributed by atoms with Crippen LogP contribution in [0.2, 0.25) is 0 Å². The molecule has 0 atom stereocenters. The van der Waals surface area contributed by atoms with Crippen molar-refractivity contribution in [3.8, 4) is 0 Å². The predicted octanol–water partition coefficient (Wildman–Crippen LogP) is 2.59. The highest BCUT2D eigenvalue weighted by molar-refractivity contribution is 7.09. The maximum Gasteiger partial charge on any atom is 0.0941 e. The molecule has 2 aromatic rings. The lowest BCUT2D eigenvalue weighted by Gasteiger charge is -2.18. The number of hydrogen-bond acceptors (Lipinski definition) is 4. The maximum atomic E-state index is 5.53. The van der Waals surface area contributed by atoms with Gasteiger partial charge in [-0.1, -0.05) is 17.7 Å². The Balaban J connectivity index is 2.01. The van der Waals surface area contributed by atoms with E-state index in [1.165, 1.54) is 11.3 Å². The topological polar surface area (TPSA) is 42.1 Å². The molecule has 18 heavy (non-hydrogen) atoms. The van der Waals surface area contributed by atoms with Gasteiger partial charge in [0.1, 0.15) is 0 Å². The van der Waals surface area contributed by atoms with Crippen LogP contribution in [0.1, 0.15) is 16.3 Å². The Morgan fingerprint density at radius 2 is 2.00 bits per heavy atom. The van der Waals surface area contributed by atoms with Crippen LogP contribution < -0.4 is 10.6 Å². The Morgan fingerprint density at radius 3 is 2.67 bits per heavy atom. The van der Waals surface area contributed by atoms with E-state index in [2.05, 4.69) is 53.5 Å². The van der Waals surface area contributed by atoms with Gasteiger partial charge in [-0.2, -0.15) is 0 Å². The number of aryl methyl sites for hydroxylation is 1. The number of aromatic nitrogens is 1. The van der Waals surface area contributed by atoms with E-state index in [4.69, 9.17) is 5.73 Å². The van der Waals surface area contributed by atoms with Gasteiger partial charge in [0.2, 0.25) is 0 Å². The third kappa shape index (κ3) is 3.31. The number of thiazole rings is 1. The Bertz CT molecular complexity index is 490. The number of rotatable bonds is 5. The van der Waals surface area contributed by atoms with Crippen LogP contribution in [-0.4, -0.2) is 18.6 Å². The smallest absolute Gasteiger partial charge is 0.0941 e. The Kier molecular flexibility index (Phi) is 4.33. The molecular weight excluding hydrogens is 242 g/mol. The molecular formula is C14H19N3S. The molecule has 0 fully saturated rings. The number of nitrogens with zero attached hydrogens (tertiary/aromatic N) is 2. The molecule has 0 spiro atoms. The summed E-state index contributed by atoms with van der Waals surface area (Å²) in [5.74, 6) is 0. The van der Waals surface area contributed by atoms with Crippen LogP contribution in [0.3, 0.4) is 0 Å². The van der Waals surface area contributed by atoms with Crippen LogP contribution in [0, 0.1) is 6.92 Å². The Morgan fingerprint density at radius 1 is 1.28 bits per heavy atom. The first kappa shape index (κ1) is 13.1. The van der Waals surface area contributed by atoms with Crippen LogP contribution in [-0.2, 0) is 13.0 Å². The molecule has 0 aliphatic heterocycles. The van der Waals surface area contributed by atoms with Crippen molar-refractivity contribution in [3.05, 3.63) is 45.9 Å². The lowest BCUT2D eigenvalue weighted by atomic mass is 10.2. The Hall–Kier alpha value is -1.39. The lowest BCUT2D eigenvalue weighted by molar-refractivity contribution is 0.872. The van der Waals surface area contributed by atoms with E-state index in [1.807, 2.05) is 0 Å². The molecule has 0 saturated heterocycles. The third-order valence-corrected chi connectivity index (χ3v) is 3.79. The summed E-state index contributed by atoms with van der Waals surface area (Å²) >= 11 is 1.70. The fourth-order valence-corrected chi connectivity index (χ4v) is 2.60. The second kappa shape index (κ2) is 5.98. The second-order valence-corrected chi connectivity index (χ2v) is 5.41. The standard InChI is InChI=1S/C14H19N3S/c1-11-3-5-13(6-4-11)17(2)9-12-10-18-14(16-12)7-8-15/h3-6,10H,7-9,15H2,1-2H3. The molecule has 2 rings (SSSR count). The Labute approximate surface area is 112 Å². The largest absolute Gasteiger partial charge is 0.369 e. The molecule has 96 valence electrons. The van der Waals surface area contributed by atoms with Gasteiger partial charge in [-0.05, 0) is 25.6 Å². The molecule has 0 radical (unpaired) electrons. The molecule has 0 unspecified atom stereocenters. The van der Waals surface area contributed by atoms with E-state index < -0.39 is 0 Å². The first-order chi connectivity index (χ1) is 8.69. The summed E-state index contributed by atoms with van der Waals surface area (Å²) in [6, 6.07) is 8.55. The highest BCUT2D eigenvalue weighted by Crippen LogP contribution is 2.17. The molecule has 1 heterocycles. The van der Waals surface area contributed by atoms with Gasteiger partial charge in [0, 0.05) is 24.5 Å². The summed E-state index contributed by atoms with van der Waals surface area (Å²) in [5.41, 5.74) is 9.15. The zero-order valence-corrected chi connectivity index (χ0v) is 11.7. The average Bonchev–Trinajstić information content (AvgIpc) is 2.78. The van der Waals surface area contributed by atoms with Crippen LogP contribution in [0.5, 0.6) is 0 Å². The zero-order valence-electron chi connectivity index (χ0n) is 10.9. The van der Waals surface area contributed by atoms with E-state index in [-0.39, 0.29) is 0 Å². The molecule has 2 N–H and O–H groups in total. The SMILES string of the molecule is Cc1ccc(N(C)Cc2csc(CCN)n2)cc1. The van der Waals surface area contributed by atoms with Crippen molar-refractivity contribution >= 4 is 17.0 Å². The minimum absolute atomic E-state index is 0.667. The van der Waals surface area contributed by atoms with E-state index in [0.717, 1.165) is 23.7 Å². The van der Waals surface area contributed by atoms with Gasteiger partial charge in [0.25, 0.3) is 0 Å². The number of hydrogen-bond donors (Lipinski definition) is 1. The minimum atomic E-state index is 0.667. The van der Waals surface area contributed by atoms with Crippen LogP contribution in [0.25, 0.3) is 0 Å². The lowest BCUT2D eigenvalue weighted by Crippen LogP contribution is -2.16. The van der Waals surface area contributed by atoms with Crippen LogP contribution in [0.4, 0.5) is 5.69 Å². The molecule has 0 aliphatic carbocycles. The number of benzene rings is 1. The fourth-order valence-electron chi connectivity index (χ4n) is 1.79. The predicted molar refractivity (Wildman–Crippen MR) is 78.2 cm³/mol. The summed E-state index contributed by atoms with van der Waals surface area (Å²) in [7, 11) is 2.09. The molecule has 0 amide bonds. The van der Waals surface area contributed by atoms with Crippen molar-refractivity contribution in [1.29, 1.82) is 0 Å². The zero-order chi connectivity index (χ0) is 13.0. The summed E-state index contributed by atoms with van der Waals surface area (Å²) in [6.45, 7) is 3.61. The molecule has 0 saturated carbocycles. The van der Waals surface area contributed by atoms with E-state index in [1.54, 1.807) is 11.3 Å². The van der Waals surface area contributed by atoms with Crippen molar-refractivity contribution < 1.29 is 0 Å². The van der Waals surface area contributed by atoms with Crippen molar-refractivity contribution in [1.82, 2.24) is 4.98 Å². The van der Waals surface area contributed by atoms with Crippen LogP contribution >= 0.6 is 11.3 Å². The number of nitrogens with two attached hydrogens (primary N) is 1. The third-order valence-electron chi connectivity index (χ3n) is 2.83. The summed E-state index contributed by atoms with van der Waals surface area (Å²) in [4.78, 5) is 6.79. The summed E-state index contributed by atoms with van der Waals surface area (Å²) in [5, 5.41) is 3.25. The van der Waals surface area contributed by atoms with E-state index in [0.29, 0.717) is 6.54 Å². The first-order valence-corrected chi connectivity index (χ1v) is 6.98. The number of anilines is 1. The van der Waals surface area contributed by atoms with Gasteiger partial charge in [-0.15, -0.1) is 11.3 Å². The van der Waals surface area contributed by atoms with Crippen LogP contribution in [0.15, 0.2) is 29.6 Å². The highest BCUT2D eigenvalue weighted by atomic mass is 32.1. The van der Waals surface area contributed by atoms with Gasteiger partial charge in [0.15, 0.2) is 0 Å². The minimum Gasteiger partial charge on any atom is -0.369 e. The first-order valence-electron chi connectivity index (χ1n) is 6.10. The van der Waals surface area contributed by atoms with Gasteiger partial charge < -0.3 is 10.6 Å². The van der Waals surface area contributed by atoms with Crippen molar-refractivity contribution in [3.63, 3.8) is 0 Å². The molecule has 4 heteroatoms. The molecule has 0 aliphatic rings. The van der Waals surface area contributed by atoms with E-state index in [9.17, 15) is 0 Å². The van der Waals surface area contributed by atoms with Gasteiger partial charge >= 0.3 is 0 Å². The summed E-state index contributed by atoms with van der Waals surface area (Å²) in [6.07, 6.45) is 0.874. The van der Waals surface area contributed by atoms with Gasteiger partial charge in [0.05, 0.1) is 17.2 Å². The second-order valence-electron chi connectivity index (χ2n) is 4.46. The van der Waals surface area contributed by atoms with E-state index >= 15 is 0 Å². The van der Waals surface area contributed by atoms with Crippen molar-refractivity contribution in [2.45, 2.75) is 19.9 Å². The highest BCUT2D eigenvalue weighted by Gasteiger charge is 2.05. The van der Waals surface area contributed by atoms with Gasteiger partial charge in [-0.25, -0.2) is 4.98 Å². The molecule has 3 nitrogen and oxygen atoms in total. The van der Waals surface area contributed by atoms with Gasteiger partial charge in [-0.3, -0.25) is 0 Å². The fraction of sp³-hybridized carbons (Fsp3) is 0.357. The van der Waals surface area contributed by atoms with Crippen molar-refractivity contribution in [2.24, 2.45) is 5.73 Å².